The van der Waals surface area contributed by atoms with Crippen LogP contribution in [0.3, 0.4) is 0 Å². The first kappa shape index (κ1) is 24.6. The average molecular weight is 499 g/mol. The molecule has 178 valence electrons. The van der Waals surface area contributed by atoms with Crippen LogP contribution in [0.4, 0.5) is 0 Å². The summed E-state index contributed by atoms with van der Waals surface area (Å²) in [5.41, 5.74) is 2.79. The van der Waals surface area contributed by atoms with Gasteiger partial charge in [0.15, 0.2) is 0 Å². The van der Waals surface area contributed by atoms with Crippen LogP contribution in [0.5, 0.6) is 5.75 Å². The number of methoxy groups -OCH3 is 1. The predicted molar refractivity (Wildman–Crippen MR) is 136 cm³/mol. The molecule has 0 aromatic heterocycles. The summed E-state index contributed by atoms with van der Waals surface area (Å²) >= 11 is 12.1. The maximum atomic E-state index is 12.8. The van der Waals surface area contributed by atoms with Gasteiger partial charge in [0, 0.05) is 48.3 Å². The summed E-state index contributed by atoms with van der Waals surface area (Å²) in [5.74, 6) is 0.852. The summed E-state index contributed by atoms with van der Waals surface area (Å²) in [5, 5.41) is 1.33. The standard InChI is InChI=1S/C27H28Cl2N2O3/c1-33-25-4-2-3-20(17-25)19-34-26(21-5-9-23(28)10-6-21)18-30-13-15-31(16-14-30)27(32)22-7-11-24(29)12-8-22/h2-12,17,26H,13-16,18-19H2,1H3/t26-/m1/s1. The van der Waals surface area contributed by atoms with Crippen molar-refractivity contribution in [2.24, 2.45) is 0 Å². The predicted octanol–water partition coefficient (Wildman–Crippen LogP) is 5.72. The van der Waals surface area contributed by atoms with Crippen molar-refractivity contribution in [3.8, 4) is 5.75 Å². The molecule has 1 aliphatic heterocycles. The van der Waals surface area contributed by atoms with E-state index in [0.29, 0.717) is 35.3 Å². The smallest absolute Gasteiger partial charge is 0.253 e. The molecule has 34 heavy (non-hydrogen) atoms. The number of hydrogen-bond acceptors (Lipinski definition) is 4. The largest absolute Gasteiger partial charge is 0.497 e. The number of carbonyl (C=O) groups is 1. The molecular formula is C27H28Cl2N2O3. The highest BCUT2D eigenvalue weighted by Gasteiger charge is 2.25. The van der Waals surface area contributed by atoms with Gasteiger partial charge < -0.3 is 14.4 Å². The van der Waals surface area contributed by atoms with Gasteiger partial charge in [0.05, 0.1) is 19.8 Å². The molecule has 1 atom stereocenters. The van der Waals surface area contributed by atoms with Gasteiger partial charge in [0.25, 0.3) is 5.91 Å². The minimum absolute atomic E-state index is 0.0415. The summed E-state index contributed by atoms with van der Waals surface area (Å²) in [6.07, 6.45) is -0.123. The van der Waals surface area contributed by atoms with E-state index in [1.54, 1.807) is 31.4 Å². The molecule has 4 rings (SSSR count). The number of nitrogens with zero attached hydrogens (tertiary/aromatic N) is 2. The highest BCUT2D eigenvalue weighted by atomic mass is 35.5. The fourth-order valence-corrected chi connectivity index (χ4v) is 4.29. The molecule has 7 heteroatoms. The molecule has 3 aromatic rings. The normalized spacial score (nSPS) is 15.2. The molecule has 0 bridgehead atoms. The lowest BCUT2D eigenvalue weighted by molar-refractivity contribution is 0.00337. The van der Waals surface area contributed by atoms with E-state index in [1.165, 1.54) is 0 Å². The molecule has 0 radical (unpaired) electrons. The van der Waals surface area contributed by atoms with Crippen molar-refractivity contribution in [3.05, 3.63) is 99.5 Å². The molecule has 1 saturated heterocycles. The molecule has 0 aliphatic carbocycles. The van der Waals surface area contributed by atoms with Crippen LogP contribution >= 0.6 is 23.2 Å². The van der Waals surface area contributed by atoms with Gasteiger partial charge in [-0.2, -0.15) is 0 Å². The van der Waals surface area contributed by atoms with Gasteiger partial charge >= 0.3 is 0 Å². The van der Waals surface area contributed by atoms with Gasteiger partial charge in [-0.15, -0.1) is 0 Å². The SMILES string of the molecule is COc1cccc(CO[C@H](CN2CCN(C(=O)c3ccc(Cl)cc3)CC2)c2ccc(Cl)cc2)c1. The molecule has 0 unspecified atom stereocenters. The fourth-order valence-electron chi connectivity index (χ4n) is 4.03. The van der Waals surface area contributed by atoms with E-state index in [9.17, 15) is 4.79 Å². The third-order valence-electron chi connectivity index (χ3n) is 6.00. The van der Waals surface area contributed by atoms with Crippen LogP contribution in [0, 0.1) is 0 Å². The number of rotatable bonds is 8. The summed E-state index contributed by atoms with van der Waals surface area (Å²) in [6, 6.07) is 22.8. The van der Waals surface area contributed by atoms with Crippen molar-refractivity contribution in [3.63, 3.8) is 0 Å². The number of halogens is 2. The van der Waals surface area contributed by atoms with Crippen LogP contribution in [0.15, 0.2) is 72.8 Å². The monoisotopic (exact) mass is 498 g/mol. The quantitative estimate of drug-likeness (QED) is 0.398. The van der Waals surface area contributed by atoms with Gasteiger partial charge in [0.2, 0.25) is 0 Å². The second-order valence-corrected chi connectivity index (χ2v) is 9.18. The molecule has 0 N–H and O–H groups in total. The number of piperazine rings is 1. The Bertz CT molecular complexity index is 1080. The Balaban J connectivity index is 1.38. The summed E-state index contributed by atoms with van der Waals surface area (Å²) in [7, 11) is 1.66. The van der Waals surface area contributed by atoms with Gasteiger partial charge in [-0.25, -0.2) is 0 Å². The zero-order chi connectivity index (χ0) is 23.9. The van der Waals surface area contributed by atoms with Crippen molar-refractivity contribution in [1.29, 1.82) is 0 Å². The molecule has 1 fully saturated rings. The molecular weight excluding hydrogens is 471 g/mol. The van der Waals surface area contributed by atoms with Crippen molar-refractivity contribution < 1.29 is 14.3 Å². The molecule has 1 amide bonds. The minimum Gasteiger partial charge on any atom is -0.497 e. The van der Waals surface area contributed by atoms with E-state index < -0.39 is 0 Å². The maximum absolute atomic E-state index is 12.8. The molecule has 0 saturated carbocycles. The van der Waals surface area contributed by atoms with Gasteiger partial charge in [-0.1, -0.05) is 47.5 Å². The van der Waals surface area contributed by atoms with Crippen LogP contribution in [0.2, 0.25) is 10.0 Å². The number of carbonyl (C=O) groups excluding carboxylic acids is 1. The van der Waals surface area contributed by atoms with Crippen LogP contribution in [-0.4, -0.2) is 55.5 Å². The van der Waals surface area contributed by atoms with E-state index in [4.69, 9.17) is 32.7 Å². The van der Waals surface area contributed by atoms with Crippen LogP contribution < -0.4 is 4.74 Å². The summed E-state index contributed by atoms with van der Waals surface area (Å²) < 4.78 is 11.7. The van der Waals surface area contributed by atoms with Gasteiger partial charge in [-0.05, 0) is 59.7 Å². The van der Waals surface area contributed by atoms with Crippen molar-refractivity contribution in [2.45, 2.75) is 12.7 Å². The first-order valence-corrected chi connectivity index (χ1v) is 12.0. The summed E-state index contributed by atoms with van der Waals surface area (Å²) in [4.78, 5) is 17.1. The Hall–Kier alpha value is -2.57. The molecule has 0 spiro atoms. The topological polar surface area (TPSA) is 42.0 Å². The Kier molecular flexibility index (Phi) is 8.46. The highest BCUT2D eigenvalue weighted by molar-refractivity contribution is 6.30. The summed E-state index contributed by atoms with van der Waals surface area (Å²) in [6.45, 7) is 4.11. The second-order valence-electron chi connectivity index (χ2n) is 8.30. The second kappa shape index (κ2) is 11.7. The third kappa shape index (κ3) is 6.51. The minimum atomic E-state index is -0.123. The molecule has 1 heterocycles. The Labute approximate surface area is 210 Å². The van der Waals surface area contributed by atoms with Crippen molar-refractivity contribution >= 4 is 29.1 Å². The average Bonchev–Trinajstić information content (AvgIpc) is 2.87. The molecule has 1 aliphatic rings. The molecule has 3 aromatic carbocycles. The first-order chi connectivity index (χ1) is 16.5. The van der Waals surface area contributed by atoms with Crippen LogP contribution in [0.1, 0.15) is 27.6 Å². The van der Waals surface area contributed by atoms with Crippen LogP contribution in [-0.2, 0) is 11.3 Å². The highest BCUT2D eigenvalue weighted by Crippen LogP contribution is 2.24. The maximum Gasteiger partial charge on any atom is 0.253 e. The Morgan fingerprint density at radius 2 is 1.56 bits per heavy atom. The lowest BCUT2D eigenvalue weighted by Gasteiger charge is -2.36. The van der Waals surface area contributed by atoms with Crippen LogP contribution in [0.25, 0.3) is 0 Å². The van der Waals surface area contributed by atoms with Gasteiger partial charge in [0.1, 0.15) is 5.75 Å². The van der Waals surface area contributed by atoms with E-state index in [2.05, 4.69) is 4.90 Å². The van der Waals surface area contributed by atoms with Crippen molar-refractivity contribution in [2.75, 3.05) is 39.8 Å². The van der Waals surface area contributed by atoms with Gasteiger partial charge in [-0.3, -0.25) is 9.69 Å². The lowest BCUT2D eigenvalue weighted by Crippen LogP contribution is -2.49. The Morgan fingerprint density at radius 1 is 0.912 bits per heavy atom. The number of ether oxygens (including phenoxy) is 2. The zero-order valence-corrected chi connectivity index (χ0v) is 20.6. The van der Waals surface area contributed by atoms with Crippen molar-refractivity contribution in [1.82, 2.24) is 9.80 Å². The zero-order valence-electron chi connectivity index (χ0n) is 19.1. The lowest BCUT2D eigenvalue weighted by atomic mass is 10.1. The van der Waals surface area contributed by atoms with E-state index >= 15 is 0 Å². The van der Waals surface area contributed by atoms with E-state index in [1.807, 2.05) is 53.4 Å². The van der Waals surface area contributed by atoms with E-state index in [0.717, 1.165) is 36.5 Å². The number of amides is 1. The molecule has 5 nitrogen and oxygen atoms in total. The first-order valence-electron chi connectivity index (χ1n) is 11.3. The third-order valence-corrected chi connectivity index (χ3v) is 6.51. The van der Waals surface area contributed by atoms with E-state index in [-0.39, 0.29) is 12.0 Å². The number of hydrogen-bond donors (Lipinski definition) is 0. The Morgan fingerprint density at radius 3 is 2.21 bits per heavy atom. The fraction of sp³-hybridized carbons (Fsp3) is 0.296. The number of benzene rings is 3.